The second kappa shape index (κ2) is 6.53. The zero-order valence-electron chi connectivity index (χ0n) is 11.9. The third-order valence-electron chi connectivity index (χ3n) is 3.77. The number of hydrogen-bond donors (Lipinski definition) is 3. The summed E-state index contributed by atoms with van der Waals surface area (Å²) in [4.78, 5) is 26.2. The molecule has 1 aliphatic carbocycles. The number of aromatic nitrogens is 1. The molecule has 0 aromatic carbocycles. The maximum Gasteiger partial charge on any atom is 0.354 e. The van der Waals surface area contributed by atoms with Gasteiger partial charge in [-0.15, -0.1) is 0 Å². The molecular formula is C14H19N3O4. The van der Waals surface area contributed by atoms with Crippen LogP contribution in [0.5, 0.6) is 0 Å². The Balaban J connectivity index is 1.74. The molecule has 0 aliphatic heterocycles. The van der Waals surface area contributed by atoms with Crippen molar-refractivity contribution in [2.75, 3.05) is 13.7 Å². The van der Waals surface area contributed by atoms with Crippen molar-refractivity contribution in [1.82, 2.24) is 15.6 Å². The largest absolute Gasteiger partial charge is 0.477 e. The van der Waals surface area contributed by atoms with Crippen molar-refractivity contribution in [1.29, 1.82) is 0 Å². The van der Waals surface area contributed by atoms with Crippen LogP contribution in [0.25, 0.3) is 0 Å². The number of carboxylic acids is 1. The predicted molar refractivity (Wildman–Crippen MR) is 75.0 cm³/mol. The highest BCUT2D eigenvalue weighted by Gasteiger charge is 2.37. The van der Waals surface area contributed by atoms with Crippen LogP contribution in [0.3, 0.4) is 0 Å². The van der Waals surface area contributed by atoms with E-state index >= 15 is 0 Å². The number of hydrogen-bond acceptors (Lipinski definition) is 4. The predicted octanol–water partition coefficient (Wildman–Crippen LogP) is 1.15. The lowest BCUT2D eigenvalue weighted by atomic mass is 9.80. The number of carbonyl (C=O) groups excluding carboxylic acids is 1. The van der Waals surface area contributed by atoms with Crippen molar-refractivity contribution in [3.05, 3.63) is 29.6 Å². The number of rotatable bonds is 6. The summed E-state index contributed by atoms with van der Waals surface area (Å²) >= 11 is 0. The first-order chi connectivity index (χ1) is 10.0. The van der Waals surface area contributed by atoms with Crippen molar-refractivity contribution in [3.63, 3.8) is 0 Å². The Kier molecular flexibility index (Phi) is 4.74. The van der Waals surface area contributed by atoms with Gasteiger partial charge in [0.25, 0.3) is 0 Å². The van der Waals surface area contributed by atoms with Crippen LogP contribution in [0.15, 0.2) is 18.3 Å². The molecule has 1 saturated carbocycles. The standard InChI is InChI=1S/C14H19N3O4/c1-21-14(5-2-6-14)9-17-13(20)16-8-10-3-4-11(12(18)19)15-7-10/h3-4,7H,2,5-6,8-9H2,1H3,(H,18,19)(H2,16,17,20). The van der Waals surface area contributed by atoms with Crippen molar-refractivity contribution in [2.24, 2.45) is 0 Å². The Morgan fingerprint density at radius 1 is 1.38 bits per heavy atom. The molecule has 0 atom stereocenters. The van der Waals surface area contributed by atoms with Gasteiger partial charge in [-0.3, -0.25) is 0 Å². The summed E-state index contributed by atoms with van der Waals surface area (Å²) in [6.07, 6.45) is 4.49. The zero-order valence-corrected chi connectivity index (χ0v) is 11.9. The molecule has 0 spiro atoms. The molecule has 3 N–H and O–H groups in total. The first kappa shape index (κ1) is 15.2. The first-order valence-corrected chi connectivity index (χ1v) is 6.80. The number of nitrogens with one attached hydrogen (secondary N) is 2. The molecule has 1 fully saturated rings. The minimum Gasteiger partial charge on any atom is -0.477 e. The van der Waals surface area contributed by atoms with E-state index in [0.717, 1.165) is 24.8 Å². The molecule has 1 aliphatic rings. The van der Waals surface area contributed by atoms with Crippen LogP contribution >= 0.6 is 0 Å². The summed E-state index contributed by atoms with van der Waals surface area (Å²) in [5.74, 6) is -1.07. The lowest BCUT2D eigenvalue weighted by Crippen LogP contribution is -2.51. The Bertz CT molecular complexity index is 506. The number of carboxylic acid groups (broad SMARTS) is 1. The zero-order chi connectivity index (χ0) is 15.3. The van der Waals surface area contributed by atoms with Gasteiger partial charge in [-0.2, -0.15) is 0 Å². The number of urea groups is 1. The molecule has 0 bridgehead atoms. The summed E-state index contributed by atoms with van der Waals surface area (Å²) in [5.41, 5.74) is 0.512. The molecule has 21 heavy (non-hydrogen) atoms. The fourth-order valence-electron chi connectivity index (χ4n) is 2.17. The summed E-state index contributed by atoms with van der Waals surface area (Å²) in [5, 5.41) is 14.2. The van der Waals surface area contributed by atoms with E-state index in [0.29, 0.717) is 13.1 Å². The second-order valence-corrected chi connectivity index (χ2v) is 5.13. The maximum atomic E-state index is 11.7. The highest BCUT2D eigenvalue weighted by atomic mass is 16.5. The van der Waals surface area contributed by atoms with Gasteiger partial charge in [0.1, 0.15) is 5.69 Å². The maximum absolute atomic E-state index is 11.7. The van der Waals surface area contributed by atoms with E-state index in [1.54, 1.807) is 13.2 Å². The van der Waals surface area contributed by atoms with Gasteiger partial charge >= 0.3 is 12.0 Å². The van der Waals surface area contributed by atoms with Crippen molar-refractivity contribution < 1.29 is 19.4 Å². The molecule has 1 aromatic heterocycles. The molecule has 7 nitrogen and oxygen atoms in total. The number of nitrogens with zero attached hydrogens (tertiary/aromatic N) is 1. The van der Waals surface area contributed by atoms with Crippen LogP contribution in [-0.2, 0) is 11.3 Å². The average molecular weight is 293 g/mol. The Hall–Kier alpha value is -2.15. The fraction of sp³-hybridized carbons (Fsp3) is 0.500. The molecule has 0 saturated heterocycles. The molecule has 0 unspecified atom stereocenters. The van der Waals surface area contributed by atoms with Gasteiger partial charge in [-0.1, -0.05) is 6.07 Å². The molecule has 1 heterocycles. The molecule has 2 amide bonds. The van der Waals surface area contributed by atoms with Gasteiger partial charge in [-0.25, -0.2) is 14.6 Å². The third-order valence-corrected chi connectivity index (χ3v) is 3.77. The van der Waals surface area contributed by atoms with E-state index in [1.807, 2.05) is 0 Å². The van der Waals surface area contributed by atoms with E-state index < -0.39 is 5.97 Å². The summed E-state index contributed by atoms with van der Waals surface area (Å²) in [6, 6.07) is 2.76. The molecule has 2 rings (SSSR count). The molecular weight excluding hydrogens is 274 g/mol. The van der Waals surface area contributed by atoms with E-state index in [2.05, 4.69) is 15.6 Å². The number of pyridine rings is 1. The number of methoxy groups -OCH3 is 1. The molecule has 114 valence electrons. The SMILES string of the molecule is COC1(CNC(=O)NCc2ccc(C(=O)O)nc2)CCC1. The van der Waals surface area contributed by atoms with Gasteiger partial charge < -0.3 is 20.5 Å². The lowest BCUT2D eigenvalue weighted by Gasteiger charge is -2.40. The fourth-order valence-corrected chi connectivity index (χ4v) is 2.17. The normalized spacial score (nSPS) is 15.9. The van der Waals surface area contributed by atoms with Gasteiger partial charge in [0.2, 0.25) is 0 Å². The molecule has 7 heteroatoms. The van der Waals surface area contributed by atoms with Crippen LogP contribution in [0, 0.1) is 0 Å². The van der Waals surface area contributed by atoms with E-state index in [-0.39, 0.29) is 17.3 Å². The van der Waals surface area contributed by atoms with Gasteiger partial charge in [0.15, 0.2) is 0 Å². The molecule has 0 radical (unpaired) electrons. The van der Waals surface area contributed by atoms with Crippen LogP contribution in [0.4, 0.5) is 4.79 Å². The number of aromatic carboxylic acids is 1. The Morgan fingerprint density at radius 3 is 2.62 bits per heavy atom. The first-order valence-electron chi connectivity index (χ1n) is 6.80. The van der Waals surface area contributed by atoms with Crippen LogP contribution in [0.2, 0.25) is 0 Å². The summed E-state index contributed by atoms with van der Waals surface area (Å²) in [6.45, 7) is 0.782. The molecule has 1 aromatic rings. The lowest BCUT2D eigenvalue weighted by molar-refractivity contribution is -0.0674. The highest BCUT2D eigenvalue weighted by molar-refractivity contribution is 5.85. The van der Waals surface area contributed by atoms with Crippen molar-refractivity contribution in [2.45, 2.75) is 31.4 Å². The van der Waals surface area contributed by atoms with E-state index in [1.165, 1.54) is 12.3 Å². The summed E-state index contributed by atoms with van der Waals surface area (Å²) in [7, 11) is 1.66. The van der Waals surface area contributed by atoms with Crippen molar-refractivity contribution in [3.8, 4) is 0 Å². The van der Waals surface area contributed by atoms with E-state index in [4.69, 9.17) is 9.84 Å². The highest BCUT2D eigenvalue weighted by Crippen LogP contribution is 2.34. The number of amides is 2. The average Bonchev–Trinajstić information content (AvgIpc) is 2.45. The Labute approximate surface area is 122 Å². The van der Waals surface area contributed by atoms with Gasteiger partial charge in [0, 0.05) is 26.4 Å². The minimum absolute atomic E-state index is 0.0183. The number of carbonyl (C=O) groups is 2. The van der Waals surface area contributed by atoms with Crippen LogP contribution in [-0.4, -0.2) is 41.3 Å². The topological polar surface area (TPSA) is 101 Å². The van der Waals surface area contributed by atoms with Crippen LogP contribution in [0.1, 0.15) is 35.3 Å². The summed E-state index contributed by atoms with van der Waals surface area (Å²) < 4.78 is 5.41. The van der Waals surface area contributed by atoms with Gasteiger partial charge in [-0.05, 0) is 30.9 Å². The minimum atomic E-state index is -1.07. The van der Waals surface area contributed by atoms with E-state index in [9.17, 15) is 9.59 Å². The van der Waals surface area contributed by atoms with Crippen molar-refractivity contribution >= 4 is 12.0 Å². The van der Waals surface area contributed by atoms with Crippen LogP contribution < -0.4 is 10.6 Å². The third kappa shape index (κ3) is 3.91. The van der Waals surface area contributed by atoms with Gasteiger partial charge in [0.05, 0.1) is 5.60 Å². The smallest absolute Gasteiger partial charge is 0.354 e. The monoisotopic (exact) mass is 293 g/mol. The second-order valence-electron chi connectivity index (χ2n) is 5.13. The number of ether oxygens (including phenoxy) is 1. The Morgan fingerprint density at radius 2 is 2.14 bits per heavy atom. The quantitative estimate of drug-likeness (QED) is 0.730.